The van der Waals surface area contributed by atoms with Gasteiger partial charge in [0.2, 0.25) is 5.91 Å². The quantitative estimate of drug-likeness (QED) is 0.656. The maximum Gasteiger partial charge on any atom is 0.273 e. The highest BCUT2D eigenvalue weighted by Gasteiger charge is 2.15. The first kappa shape index (κ1) is 15.5. The normalized spacial score (nSPS) is 10.0. The van der Waals surface area contributed by atoms with Crippen molar-refractivity contribution in [3.8, 4) is 5.75 Å². The molecule has 6 heteroatoms. The number of methoxy groups -OCH3 is 1. The van der Waals surface area contributed by atoms with Gasteiger partial charge in [-0.1, -0.05) is 36.4 Å². The minimum absolute atomic E-state index is 0.0354. The number of carbonyl (C=O) groups excluding carboxylic acids is 1. The van der Waals surface area contributed by atoms with E-state index in [1.54, 1.807) is 25.3 Å². The molecular formula is C16H16N2O4. The number of nitrogens with zero attached hydrogens (tertiary/aromatic N) is 1. The van der Waals surface area contributed by atoms with Gasteiger partial charge in [0.15, 0.2) is 0 Å². The topological polar surface area (TPSA) is 81.5 Å². The Morgan fingerprint density at radius 1 is 1.14 bits per heavy atom. The van der Waals surface area contributed by atoms with Crippen molar-refractivity contribution in [2.75, 3.05) is 7.11 Å². The lowest BCUT2D eigenvalue weighted by molar-refractivity contribution is -0.385. The third-order valence-electron chi connectivity index (χ3n) is 3.21. The van der Waals surface area contributed by atoms with Gasteiger partial charge in [-0.05, 0) is 6.07 Å². The third kappa shape index (κ3) is 3.82. The van der Waals surface area contributed by atoms with Crippen LogP contribution in [-0.2, 0) is 17.8 Å². The molecule has 0 aliphatic rings. The van der Waals surface area contributed by atoms with Crippen molar-refractivity contribution in [1.29, 1.82) is 0 Å². The SMILES string of the molecule is COc1ccccc1CNC(=O)Cc1ccccc1[N+](=O)[O-]. The zero-order chi connectivity index (χ0) is 15.9. The van der Waals surface area contributed by atoms with E-state index in [0.717, 1.165) is 5.56 Å². The third-order valence-corrected chi connectivity index (χ3v) is 3.21. The van der Waals surface area contributed by atoms with Crippen molar-refractivity contribution >= 4 is 11.6 Å². The van der Waals surface area contributed by atoms with E-state index in [1.807, 2.05) is 24.3 Å². The van der Waals surface area contributed by atoms with Gasteiger partial charge in [-0.15, -0.1) is 0 Å². The molecule has 0 saturated heterocycles. The number of nitro benzene ring substituents is 1. The Labute approximate surface area is 127 Å². The average Bonchev–Trinajstić information content (AvgIpc) is 2.53. The largest absolute Gasteiger partial charge is 0.496 e. The Hall–Kier alpha value is -2.89. The van der Waals surface area contributed by atoms with E-state index in [9.17, 15) is 14.9 Å². The summed E-state index contributed by atoms with van der Waals surface area (Å²) in [4.78, 5) is 22.4. The lowest BCUT2D eigenvalue weighted by Gasteiger charge is -2.09. The summed E-state index contributed by atoms with van der Waals surface area (Å²) in [5, 5.41) is 13.7. The molecule has 6 nitrogen and oxygen atoms in total. The second-order valence-electron chi connectivity index (χ2n) is 4.65. The van der Waals surface area contributed by atoms with Crippen LogP contribution in [0.4, 0.5) is 5.69 Å². The number of ether oxygens (including phenoxy) is 1. The van der Waals surface area contributed by atoms with Crippen molar-refractivity contribution in [2.24, 2.45) is 0 Å². The van der Waals surface area contributed by atoms with Crippen molar-refractivity contribution in [3.63, 3.8) is 0 Å². The molecule has 0 aliphatic heterocycles. The molecule has 0 bridgehead atoms. The van der Waals surface area contributed by atoms with Crippen LogP contribution in [-0.4, -0.2) is 17.9 Å². The van der Waals surface area contributed by atoms with E-state index in [1.165, 1.54) is 6.07 Å². The number of rotatable bonds is 6. The van der Waals surface area contributed by atoms with Gasteiger partial charge in [-0.2, -0.15) is 0 Å². The highest BCUT2D eigenvalue weighted by atomic mass is 16.6. The van der Waals surface area contributed by atoms with E-state index in [-0.39, 0.29) is 18.0 Å². The van der Waals surface area contributed by atoms with Crippen LogP contribution >= 0.6 is 0 Å². The van der Waals surface area contributed by atoms with Crippen LogP contribution in [0.25, 0.3) is 0 Å². The van der Waals surface area contributed by atoms with Crippen molar-refractivity contribution in [2.45, 2.75) is 13.0 Å². The van der Waals surface area contributed by atoms with Crippen LogP contribution in [0.5, 0.6) is 5.75 Å². The number of carbonyl (C=O) groups is 1. The second kappa shape index (κ2) is 7.21. The van der Waals surface area contributed by atoms with Crippen LogP contribution in [0, 0.1) is 10.1 Å². The first-order valence-corrected chi connectivity index (χ1v) is 6.72. The maximum absolute atomic E-state index is 12.0. The Morgan fingerprint density at radius 3 is 2.45 bits per heavy atom. The smallest absolute Gasteiger partial charge is 0.273 e. The Bertz CT molecular complexity index is 685. The Kier molecular flexibility index (Phi) is 5.08. The average molecular weight is 300 g/mol. The van der Waals surface area contributed by atoms with E-state index in [2.05, 4.69) is 5.32 Å². The van der Waals surface area contributed by atoms with Crippen LogP contribution in [0.2, 0.25) is 0 Å². The van der Waals surface area contributed by atoms with Crippen LogP contribution in [0.15, 0.2) is 48.5 Å². The lowest BCUT2D eigenvalue weighted by atomic mass is 10.1. The van der Waals surface area contributed by atoms with Crippen LogP contribution < -0.4 is 10.1 Å². The van der Waals surface area contributed by atoms with E-state index >= 15 is 0 Å². The zero-order valence-corrected chi connectivity index (χ0v) is 12.1. The maximum atomic E-state index is 12.0. The summed E-state index contributed by atoms with van der Waals surface area (Å²) < 4.78 is 5.21. The fourth-order valence-electron chi connectivity index (χ4n) is 2.12. The number of nitro groups is 1. The summed E-state index contributed by atoms with van der Waals surface area (Å²) >= 11 is 0. The first-order chi connectivity index (χ1) is 10.6. The molecule has 2 rings (SSSR count). The highest BCUT2D eigenvalue weighted by molar-refractivity contribution is 5.79. The molecular weight excluding hydrogens is 284 g/mol. The van der Waals surface area contributed by atoms with E-state index in [4.69, 9.17) is 4.74 Å². The number of amides is 1. The van der Waals surface area contributed by atoms with Gasteiger partial charge in [0.25, 0.3) is 5.69 Å². The second-order valence-corrected chi connectivity index (χ2v) is 4.65. The minimum Gasteiger partial charge on any atom is -0.496 e. The molecule has 114 valence electrons. The highest BCUT2D eigenvalue weighted by Crippen LogP contribution is 2.19. The van der Waals surface area contributed by atoms with Gasteiger partial charge in [0, 0.05) is 23.7 Å². The fourth-order valence-corrected chi connectivity index (χ4v) is 2.12. The predicted molar refractivity (Wildman–Crippen MR) is 81.6 cm³/mol. The summed E-state index contributed by atoms with van der Waals surface area (Å²) in [6, 6.07) is 13.6. The fraction of sp³-hybridized carbons (Fsp3) is 0.188. The molecule has 0 aliphatic carbocycles. The molecule has 1 amide bonds. The number of hydrogen-bond donors (Lipinski definition) is 1. The predicted octanol–water partition coefficient (Wildman–Crippen LogP) is 2.46. The van der Waals surface area contributed by atoms with E-state index < -0.39 is 4.92 Å². The van der Waals surface area contributed by atoms with Crippen molar-refractivity contribution < 1.29 is 14.5 Å². The molecule has 0 saturated carbocycles. The summed E-state index contributed by atoms with van der Waals surface area (Å²) in [5.41, 5.74) is 1.20. The molecule has 0 fully saturated rings. The molecule has 0 heterocycles. The number of hydrogen-bond acceptors (Lipinski definition) is 4. The summed E-state index contributed by atoms with van der Waals surface area (Å²) in [7, 11) is 1.56. The van der Waals surface area contributed by atoms with Crippen LogP contribution in [0.3, 0.4) is 0 Å². The molecule has 2 aromatic rings. The van der Waals surface area contributed by atoms with Gasteiger partial charge in [-0.3, -0.25) is 14.9 Å². The summed E-state index contributed by atoms with van der Waals surface area (Å²) in [6.45, 7) is 0.309. The minimum atomic E-state index is -0.483. The van der Waals surface area contributed by atoms with Crippen molar-refractivity contribution in [3.05, 3.63) is 69.8 Å². The molecule has 0 radical (unpaired) electrons. The summed E-state index contributed by atoms with van der Waals surface area (Å²) in [5.74, 6) is 0.411. The molecule has 0 aromatic heterocycles. The monoisotopic (exact) mass is 300 g/mol. The van der Waals surface area contributed by atoms with Gasteiger partial charge in [0.1, 0.15) is 5.75 Å². The molecule has 0 atom stereocenters. The van der Waals surface area contributed by atoms with Crippen molar-refractivity contribution in [1.82, 2.24) is 5.32 Å². The lowest BCUT2D eigenvalue weighted by Crippen LogP contribution is -2.25. The zero-order valence-electron chi connectivity index (χ0n) is 12.1. The summed E-state index contributed by atoms with van der Waals surface area (Å²) in [6.07, 6.45) is -0.0354. The molecule has 22 heavy (non-hydrogen) atoms. The van der Waals surface area contributed by atoms with Gasteiger partial charge >= 0.3 is 0 Å². The van der Waals surface area contributed by atoms with E-state index in [0.29, 0.717) is 17.9 Å². The first-order valence-electron chi connectivity index (χ1n) is 6.72. The molecule has 0 unspecified atom stereocenters. The number of nitrogens with one attached hydrogen (secondary N) is 1. The number of benzene rings is 2. The standard InChI is InChI=1S/C16H16N2O4/c1-22-15-9-5-3-7-13(15)11-17-16(19)10-12-6-2-4-8-14(12)18(20)21/h2-9H,10-11H2,1H3,(H,17,19). The number of para-hydroxylation sites is 2. The van der Waals surface area contributed by atoms with Gasteiger partial charge < -0.3 is 10.1 Å². The molecule has 1 N–H and O–H groups in total. The van der Waals surface area contributed by atoms with Gasteiger partial charge in [0.05, 0.1) is 18.5 Å². The Balaban J connectivity index is 2.01. The van der Waals surface area contributed by atoms with Gasteiger partial charge in [-0.25, -0.2) is 0 Å². The Morgan fingerprint density at radius 2 is 1.77 bits per heavy atom. The molecule has 0 spiro atoms. The van der Waals surface area contributed by atoms with Crippen LogP contribution in [0.1, 0.15) is 11.1 Å². The molecule has 2 aromatic carbocycles.